The summed E-state index contributed by atoms with van der Waals surface area (Å²) >= 11 is 0. The molecule has 0 radical (unpaired) electrons. The first kappa shape index (κ1) is 10.8. The summed E-state index contributed by atoms with van der Waals surface area (Å²) in [5.41, 5.74) is 2.08. The number of nitrogens with one attached hydrogen (secondary N) is 1. The van der Waals surface area contributed by atoms with Gasteiger partial charge in [-0.3, -0.25) is 4.68 Å². The van der Waals surface area contributed by atoms with Crippen LogP contribution in [-0.2, 0) is 7.05 Å². The maximum atomic E-state index is 4.41. The second-order valence-electron chi connectivity index (χ2n) is 3.58. The van der Waals surface area contributed by atoms with Crippen LogP contribution in [0.5, 0.6) is 0 Å². The van der Waals surface area contributed by atoms with Crippen LogP contribution in [0.15, 0.2) is 30.7 Å². The van der Waals surface area contributed by atoms with E-state index < -0.39 is 0 Å². The lowest BCUT2D eigenvalue weighted by Crippen LogP contribution is -2.22. The van der Waals surface area contributed by atoms with Crippen molar-refractivity contribution in [2.24, 2.45) is 7.05 Å². The average Bonchev–Trinajstić information content (AvgIpc) is 2.74. The van der Waals surface area contributed by atoms with E-state index in [1.807, 2.05) is 25.4 Å². The summed E-state index contributed by atoms with van der Waals surface area (Å²) in [7, 11) is 1.91. The third-order valence-electron chi connectivity index (χ3n) is 2.38. The van der Waals surface area contributed by atoms with E-state index in [-0.39, 0.29) is 6.04 Å². The number of rotatable bonds is 4. The number of hydrogen-bond acceptors (Lipinski definition) is 4. The van der Waals surface area contributed by atoms with Crippen molar-refractivity contribution in [2.75, 3.05) is 6.54 Å². The van der Waals surface area contributed by atoms with Crippen molar-refractivity contribution >= 4 is 0 Å². The molecular weight excluding hydrogens is 202 g/mol. The molecule has 0 saturated carbocycles. The van der Waals surface area contributed by atoms with Crippen molar-refractivity contribution in [3.05, 3.63) is 42.0 Å². The Morgan fingerprint density at radius 1 is 1.38 bits per heavy atom. The Morgan fingerprint density at radius 2 is 2.25 bits per heavy atom. The SMILES string of the molecule is CCNC(c1ccnnc1)c1ccn(C)n1. The van der Waals surface area contributed by atoms with Crippen LogP contribution in [0.2, 0.25) is 0 Å². The molecule has 0 aromatic carbocycles. The van der Waals surface area contributed by atoms with Crippen molar-refractivity contribution < 1.29 is 0 Å². The largest absolute Gasteiger partial charge is 0.305 e. The molecule has 5 nitrogen and oxygen atoms in total. The highest BCUT2D eigenvalue weighted by atomic mass is 15.3. The average molecular weight is 217 g/mol. The first-order valence-electron chi connectivity index (χ1n) is 5.30. The first-order valence-corrected chi connectivity index (χ1v) is 5.30. The van der Waals surface area contributed by atoms with Gasteiger partial charge in [-0.2, -0.15) is 15.3 Å². The Kier molecular flexibility index (Phi) is 3.26. The van der Waals surface area contributed by atoms with Crippen molar-refractivity contribution in [1.29, 1.82) is 0 Å². The van der Waals surface area contributed by atoms with Crippen LogP contribution in [-0.4, -0.2) is 26.5 Å². The highest BCUT2D eigenvalue weighted by molar-refractivity contribution is 5.23. The van der Waals surface area contributed by atoms with Crippen molar-refractivity contribution in [1.82, 2.24) is 25.3 Å². The predicted octanol–water partition coefficient (Wildman–Crippen LogP) is 0.909. The molecule has 2 heterocycles. The van der Waals surface area contributed by atoms with Crippen LogP contribution in [0.3, 0.4) is 0 Å². The molecule has 2 rings (SSSR count). The highest BCUT2D eigenvalue weighted by Crippen LogP contribution is 2.18. The molecule has 5 heteroatoms. The zero-order valence-corrected chi connectivity index (χ0v) is 9.46. The molecule has 2 aromatic rings. The minimum absolute atomic E-state index is 0.0849. The standard InChI is InChI=1S/C11H15N5/c1-3-12-11(9-4-6-13-14-8-9)10-5-7-16(2)15-10/h4-8,11-12H,3H2,1-2H3. The maximum absolute atomic E-state index is 4.41. The summed E-state index contributed by atoms with van der Waals surface area (Å²) in [6, 6.07) is 4.05. The van der Waals surface area contributed by atoms with Crippen molar-refractivity contribution in [2.45, 2.75) is 13.0 Å². The Morgan fingerprint density at radius 3 is 2.81 bits per heavy atom. The molecule has 84 valence electrons. The third kappa shape index (κ3) is 2.25. The topological polar surface area (TPSA) is 55.6 Å². The molecule has 1 atom stereocenters. The highest BCUT2D eigenvalue weighted by Gasteiger charge is 2.15. The van der Waals surface area contributed by atoms with Crippen molar-refractivity contribution in [3.8, 4) is 0 Å². The zero-order valence-electron chi connectivity index (χ0n) is 9.46. The van der Waals surface area contributed by atoms with E-state index in [4.69, 9.17) is 0 Å². The minimum atomic E-state index is 0.0849. The monoisotopic (exact) mass is 217 g/mol. The molecular formula is C11H15N5. The quantitative estimate of drug-likeness (QED) is 0.827. The Bertz CT molecular complexity index is 437. The summed E-state index contributed by atoms with van der Waals surface area (Å²) in [6.45, 7) is 2.95. The molecule has 0 spiro atoms. The smallest absolute Gasteiger partial charge is 0.0839 e. The van der Waals surface area contributed by atoms with Gasteiger partial charge < -0.3 is 5.32 Å². The number of aryl methyl sites for hydroxylation is 1. The van der Waals surface area contributed by atoms with Gasteiger partial charge in [0.2, 0.25) is 0 Å². The van der Waals surface area contributed by atoms with Gasteiger partial charge >= 0.3 is 0 Å². The Balaban J connectivity index is 2.31. The molecule has 0 aliphatic carbocycles. The second-order valence-corrected chi connectivity index (χ2v) is 3.58. The summed E-state index contributed by atoms with van der Waals surface area (Å²) in [4.78, 5) is 0. The van der Waals surface area contributed by atoms with E-state index in [9.17, 15) is 0 Å². The third-order valence-corrected chi connectivity index (χ3v) is 2.38. The summed E-state index contributed by atoms with van der Waals surface area (Å²) in [5, 5.41) is 15.5. The molecule has 0 amide bonds. The number of aromatic nitrogens is 4. The lowest BCUT2D eigenvalue weighted by atomic mass is 10.1. The summed E-state index contributed by atoms with van der Waals surface area (Å²) in [6.07, 6.45) is 5.40. The molecule has 2 aromatic heterocycles. The van der Waals surface area contributed by atoms with Gasteiger partial charge in [-0.1, -0.05) is 6.92 Å². The van der Waals surface area contributed by atoms with Crippen molar-refractivity contribution in [3.63, 3.8) is 0 Å². The van der Waals surface area contributed by atoms with E-state index in [2.05, 4.69) is 27.5 Å². The van der Waals surface area contributed by atoms with Crippen LogP contribution in [0.1, 0.15) is 24.2 Å². The fraction of sp³-hybridized carbons (Fsp3) is 0.364. The molecule has 0 fully saturated rings. The fourth-order valence-corrected chi connectivity index (χ4v) is 1.66. The molecule has 0 aliphatic rings. The van der Waals surface area contributed by atoms with Gasteiger partial charge in [0.1, 0.15) is 0 Å². The number of nitrogens with zero attached hydrogens (tertiary/aromatic N) is 4. The molecule has 1 N–H and O–H groups in total. The van der Waals surface area contributed by atoms with Gasteiger partial charge in [-0.15, -0.1) is 0 Å². The second kappa shape index (κ2) is 4.85. The Hall–Kier alpha value is -1.75. The van der Waals surface area contributed by atoms with E-state index in [1.54, 1.807) is 17.1 Å². The molecule has 16 heavy (non-hydrogen) atoms. The fourth-order valence-electron chi connectivity index (χ4n) is 1.66. The molecule has 0 bridgehead atoms. The van der Waals surface area contributed by atoms with Gasteiger partial charge in [0.05, 0.1) is 17.9 Å². The van der Waals surface area contributed by atoms with E-state index in [0.29, 0.717) is 0 Å². The summed E-state index contributed by atoms with van der Waals surface area (Å²) in [5.74, 6) is 0. The molecule has 0 saturated heterocycles. The lowest BCUT2D eigenvalue weighted by molar-refractivity contribution is 0.596. The van der Waals surface area contributed by atoms with Gasteiger partial charge in [0.15, 0.2) is 0 Å². The van der Waals surface area contributed by atoms with E-state index >= 15 is 0 Å². The van der Waals surface area contributed by atoms with Gasteiger partial charge in [0, 0.05) is 19.4 Å². The number of hydrogen-bond donors (Lipinski definition) is 1. The summed E-state index contributed by atoms with van der Waals surface area (Å²) < 4.78 is 1.80. The molecule has 0 aliphatic heterocycles. The van der Waals surface area contributed by atoms with Gasteiger partial charge in [0.25, 0.3) is 0 Å². The predicted molar refractivity (Wildman–Crippen MR) is 60.8 cm³/mol. The normalized spacial score (nSPS) is 12.6. The zero-order chi connectivity index (χ0) is 11.4. The van der Waals surface area contributed by atoms with Crippen LogP contribution in [0, 0.1) is 0 Å². The van der Waals surface area contributed by atoms with E-state index in [0.717, 1.165) is 17.8 Å². The van der Waals surface area contributed by atoms with E-state index in [1.165, 1.54) is 0 Å². The van der Waals surface area contributed by atoms with Gasteiger partial charge in [-0.25, -0.2) is 0 Å². The van der Waals surface area contributed by atoms with Crippen LogP contribution in [0.4, 0.5) is 0 Å². The first-order chi connectivity index (χ1) is 7.81. The maximum Gasteiger partial charge on any atom is 0.0839 e. The van der Waals surface area contributed by atoms with Gasteiger partial charge in [-0.05, 0) is 24.2 Å². The molecule has 1 unspecified atom stereocenters. The lowest BCUT2D eigenvalue weighted by Gasteiger charge is -2.15. The van der Waals surface area contributed by atoms with Crippen LogP contribution >= 0.6 is 0 Å². The van der Waals surface area contributed by atoms with Crippen LogP contribution in [0.25, 0.3) is 0 Å². The minimum Gasteiger partial charge on any atom is -0.305 e. The Labute approximate surface area is 94.5 Å². The van der Waals surface area contributed by atoms with Crippen LogP contribution < -0.4 is 5.32 Å².